The zero-order valence-electron chi connectivity index (χ0n) is 11.0. The van der Waals surface area contributed by atoms with Crippen molar-refractivity contribution in [2.24, 2.45) is 0 Å². The van der Waals surface area contributed by atoms with Crippen LogP contribution in [-0.2, 0) is 4.79 Å². The van der Waals surface area contributed by atoms with Crippen LogP contribution in [0.15, 0.2) is 12.4 Å². The van der Waals surface area contributed by atoms with Gasteiger partial charge in [0.05, 0.1) is 0 Å². The van der Waals surface area contributed by atoms with Gasteiger partial charge in [0.25, 0.3) is 0 Å². The van der Waals surface area contributed by atoms with Crippen molar-refractivity contribution in [2.45, 2.75) is 26.7 Å². The van der Waals surface area contributed by atoms with Crippen LogP contribution in [0.25, 0.3) is 0 Å². The molecule has 0 aliphatic carbocycles. The molecule has 0 bridgehead atoms. The highest BCUT2D eigenvalue weighted by Crippen LogP contribution is 2.08. The Bertz CT molecular complexity index is 369. The van der Waals surface area contributed by atoms with E-state index < -0.39 is 0 Å². The second-order valence-electron chi connectivity index (χ2n) is 3.85. The minimum atomic E-state index is 0.0448. The third-order valence-electron chi connectivity index (χ3n) is 2.26. The maximum absolute atomic E-state index is 11.2. The van der Waals surface area contributed by atoms with E-state index in [9.17, 15) is 4.79 Å². The number of aromatic nitrogens is 2. The predicted octanol–water partition coefficient (Wildman–Crippen LogP) is 1.24. The molecule has 1 aromatic heterocycles. The molecule has 1 heterocycles. The zero-order valence-corrected chi connectivity index (χ0v) is 11.0. The number of amides is 1. The summed E-state index contributed by atoms with van der Waals surface area (Å²) in [6.07, 6.45) is 2.99. The summed E-state index contributed by atoms with van der Waals surface area (Å²) in [5, 5.41) is 9.03. The highest BCUT2D eigenvalue weighted by atomic mass is 16.1. The third-order valence-corrected chi connectivity index (χ3v) is 2.26. The quantitative estimate of drug-likeness (QED) is 0.648. The van der Waals surface area contributed by atoms with Crippen molar-refractivity contribution >= 4 is 17.5 Å². The molecule has 0 aliphatic rings. The molecule has 0 saturated carbocycles. The minimum Gasteiger partial charge on any atom is -0.370 e. The van der Waals surface area contributed by atoms with E-state index in [0.717, 1.165) is 24.6 Å². The highest BCUT2D eigenvalue weighted by molar-refractivity contribution is 5.76. The van der Waals surface area contributed by atoms with Crippen molar-refractivity contribution in [1.29, 1.82) is 0 Å². The summed E-state index contributed by atoms with van der Waals surface area (Å²) in [7, 11) is 0. The van der Waals surface area contributed by atoms with Gasteiger partial charge in [0.15, 0.2) is 0 Å². The fourth-order valence-corrected chi connectivity index (χ4v) is 1.39. The average Bonchev–Trinajstić information content (AvgIpc) is 2.37. The second kappa shape index (κ2) is 8.27. The van der Waals surface area contributed by atoms with Crippen molar-refractivity contribution in [3.8, 4) is 0 Å². The van der Waals surface area contributed by atoms with E-state index in [1.54, 1.807) is 0 Å². The number of carbonyl (C=O) groups excluding carboxylic acids is 1. The molecule has 1 rings (SSSR count). The Morgan fingerprint density at radius 3 is 2.44 bits per heavy atom. The molecule has 0 atom stereocenters. The van der Waals surface area contributed by atoms with E-state index in [4.69, 9.17) is 0 Å². The number of nitrogens with zero attached hydrogens (tertiary/aromatic N) is 2. The van der Waals surface area contributed by atoms with Crippen molar-refractivity contribution in [3.05, 3.63) is 12.4 Å². The van der Waals surface area contributed by atoms with E-state index in [2.05, 4.69) is 32.8 Å². The fraction of sp³-hybridized carbons (Fsp3) is 0.583. The first kappa shape index (κ1) is 14.2. The van der Waals surface area contributed by atoms with E-state index in [0.29, 0.717) is 19.5 Å². The Balaban J connectivity index is 2.35. The largest absolute Gasteiger partial charge is 0.370 e. The molecule has 1 aromatic rings. The molecule has 100 valence electrons. The number of anilines is 2. The normalized spacial score (nSPS) is 9.89. The van der Waals surface area contributed by atoms with E-state index >= 15 is 0 Å². The standard InChI is InChI=1S/C12H21N5O/c1-3-6-14-10-8-11(17-9-16-10)15-7-5-12(18)13-4-2/h8-9H,3-7H2,1-2H3,(H,13,18)(H2,14,15,16,17). The lowest BCUT2D eigenvalue weighted by molar-refractivity contribution is -0.120. The van der Waals surface area contributed by atoms with Gasteiger partial charge in [0.2, 0.25) is 5.91 Å². The van der Waals surface area contributed by atoms with Crippen LogP contribution in [0.2, 0.25) is 0 Å². The minimum absolute atomic E-state index is 0.0448. The topological polar surface area (TPSA) is 78.9 Å². The predicted molar refractivity (Wildman–Crippen MR) is 72.6 cm³/mol. The molecule has 0 aromatic carbocycles. The van der Waals surface area contributed by atoms with Gasteiger partial charge in [0, 0.05) is 32.1 Å². The van der Waals surface area contributed by atoms with E-state index in [-0.39, 0.29) is 5.91 Å². The molecule has 0 radical (unpaired) electrons. The molecule has 3 N–H and O–H groups in total. The summed E-state index contributed by atoms with van der Waals surface area (Å²) < 4.78 is 0. The number of rotatable bonds is 8. The van der Waals surface area contributed by atoms with Gasteiger partial charge in [-0.3, -0.25) is 4.79 Å². The molecule has 6 nitrogen and oxygen atoms in total. The molecule has 18 heavy (non-hydrogen) atoms. The molecule has 1 amide bonds. The van der Waals surface area contributed by atoms with Gasteiger partial charge in [-0.15, -0.1) is 0 Å². The highest BCUT2D eigenvalue weighted by Gasteiger charge is 2.00. The number of hydrogen-bond acceptors (Lipinski definition) is 5. The van der Waals surface area contributed by atoms with Gasteiger partial charge >= 0.3 is 0 Å². The summed E-state index contributed by atoms with van der Waals surface area (Å²) in [5.74, 6) is 1.57. The van der Waals surface area contributed by atoms with Gasteiger partial charge in [-0.2, -0.15) is 0 Å². The number of hydrogen-bond donors (Lipinski definition) is 3. The lowest BCUT2D eigenvalue weighted by Gasteiger charge is -2.07. The Hall–Kier alpha value is -1.85. The molecule has 0 spiro atoms. The van der Waals surface area contributed by atoms with Gasteiger partial charge in [0.1, 0.15) is 18.0 Å². The summed E-state index contributed by atoms with van der Waals surface area (Å²) in [6.45, 7) is 6.12. The maximum atomic E-state index is 11.2. The van der Waals surface area contributed by atoms with E-state index in [1.807, 2.05) is 13.0 Å². The summed E-state index contributed by atoms with van der Waals surface area (Å²) in [4.78, 5) is 19.4. The monoisotopic (exact) mass is 251 g/mol. The smallest absolute Gasteiger partial charge is 0.221 e. The SMILES string of the molecule is CCCNc1cc(NCCC(=O)NCC)ncn1. The first-order valence-corrected chi connectivity index (χ1v) is 6.32. The van der Waals surface area contributed by atoms with Crippen molar-refractivity contribution in [3.63, 3.8) is 0 Å². The molecular formula is C12H21N5O. The van der Waals surface area contributed by atoms with Gasteiger partial charge in [-0.25, -0.2) is 9.97 Å². The first-order valence-electron chi connectivity index (χ1n) is 6.32. The maximum Gasteiger partial charge on any atom is 0.221 e. The Morgan fingerprint density at radius 2 is 1.83 bits per heavy atom. The number of carbonyl (C=O) groups is 1. The Morgan fingerprint density at radius 1 is 1.17 bits per heavy atom. The summed E-state index contributed by atoms with van der Waals surface area (Å²) in [5.41, 5.74) is 0. The Kier molecular flexibility index (Phi) is 6.53. The Labute approximate surface area is 108 Å². The average molecular weight is 251 g/mol. The molecule has 0 aliphatic heterocycles. The lowest BCUT2D eigenvalue weighted by atomic mass is 10.4. The fourth-order valence-electron chi connectivity index (χ4n) is 1.39. The van der Waals surface area contributed by atoms with Gasteiger partial charge < -0.3 is 16.0 Å². The summed E-state index contributed by atoms with van der Waals surface area (Å²) >= 11 is 0. The van der Waals surface area contributed by atoms with Crippen LogP contribution in [0.5, 0.6) is 0 Å². The summed E-state index contributed by atoms with van der Waals surface area (Å²) in [6, 6.07) is 1.84. The van der Waals surface area contributed by atoms with Crippen LogP contribution in [0.3, 0.4) is 0 Å². The first-order chi connectivity index (χ1) is 8.76. The molecule has 0 fully saturated rings. The van der Waals surface area contributed by atoms with Crippen LogP contribution >= 0.6 is 0 Å². The van der Waals surface area contributed by atoms with Crippen LogP contribution in [0.1, 0.15) is 26.7 Å². The van der Waals surface area contributed by atoms with Crippen LogP contribution < -0.4 is 16.0 Å². The molecular weight excluding hydrogens is 230 g/mol. The van der Waals surface area contributed by atoms with Crippen LogP contribution in [-0.4, -0.2) is 35.5 Å². The third kappa shape index (κ3) is 5.47. The van der Waals surface area contributed by atoms with Crippen molar-refractivity contribution in [1.82, 2.24) is 15.3 Å². The van der Waals surface area contributed by atoms with Crippen LogP contribution in [0.4, 0.5) is 11.6 Å². The lowest BCUT2D eigenvalue weighted by Crippen LogP contribution is -2.24. The zero-order chi connectivity index (χ0) is 13.2. The van der Waals surface area contributed by atoms with E-state index in [1.165, 1.54) is 6.33 Å². The van der Waals surface area contributed by atoms with Gasteiger partial charge in [-0.05, 0) is 13.3 Å². The van der Waals surface area contributed by atoms with Gasteiger partial charge in [-0.1, -0.05) is 6.92 Å². The van der Waals surface area contributed by atoms with Crippen molar-refractivity contribution in [2.75, 3.05) is 30.3 Å². The molecule has 6 heteroatoms. The van der Waals surface area contributed by atoms with Crippen molar-refractivity contribution < 1.29 is 4.79 Å². The van der Waals surface area contributed by atoms with Crippen LogP contribution in [0, 0.1) is 0 Å². The molecule has 0 unspecified atom stereocenters. The number of nitrogens with one attached hydrogen (secondary N) is 3. The second-order valence-corrected chi connectivity index (χ2v) is 3.85. The molecule has 0 saturated heterocycles.